The van der Waals surface area contributed by atoms with E-state index in [0.29, 0.717) is 18.9 Å². The smallest absolute Gasteiger partial charge is 0.240 e. The molecule has 1 aromatic rings. The van der Waals surface area contributed by atoms with E-state index in [1.165, 1.54) is 6.92 Å². The minimum Gasteiger partial charge on any atom is -0.356 e. The molecule has 7 nitrogen and oxygen atoms in total. The molecule has 0 unspecified atom stereocenters. The van der Waals surface area contributed by atoms with Crippen LogP contribution in [0.3, 0.4) is 0 Å². The van der Waals surface area contributed by atoms with Crippen LogP contribution in [0.2, 0.25) is 0 Å². The normalized spacial score (nSPS) is 23.3. The van der Waals surface area contributed by atoms with E-state index in [2.05, 4.69) is 23.9 Å². The maximum atomic E-state index is 12.9. The van der Waals surface area contributed by atoms with Crippen molar-refractivity contribution in [1.82, 2.24) is 10.0 Å². The molecule has 178 valence electrons. The Morgan fingerprint density at radius 3 is 2.47 bits per heavy atom. The van der Waals surface area contributed by atoms with Gasteiger partial charge in [0.1, 0.15) is 0 Å². The predicted octanol–water partition coefficient (Wildman–Crippen LogP) is 3.23. The van der Waals surface area contributed by atoms with Crippen molar-refractivity contribution in [2.75, 3.05) is 18.0 Å². The van der Waals surface area contributed by atoms with Crippen LogP contribution in [-0.4, -0.2) is 39.4 Å². The first-order chi connectivity index (χ1) is 15.1. The Morgan fingerprint density at radius 2 is 1.84 bits per heavy atom. The Balaban J connectivity index is 1.51. The van der Waals surface area contributed by atoms with Crippen molar-refractivity contribution in [3.63, 3.8) is 0 Å². The van der Waals surface area contributed by atoms with E-state index >= 15 is 0 Å². The first-order valence-electron chi connectivity index (χ1n) is 11.8. The molecule has 1 heterocycles. The SMILES string of the molecule is CC(=O)N1c2ccc(S(=O)(=O)NCC3CCC(C(=O)NCCC(C)C)CC3)cc2C[C@@H]1C. The topological polar surface area (TPSA) is 95.6 Å². The van der Waals surface area contributed by atoms with E-state index in [9.17, 15) is 18.0 Å². The first-order valence-corrected chi connectivity index (χ1v) is 13.3. The van der Waals surface area contributed by atoms with Gasteiger partial charge in [-0.3, -0.25) is 9.59 Å². The Bertz CT molecular complexity index is 937. The summed E-state index contributed by atoms with van der Waals surface area (Å²) in [5, 5.41) is 3.03. The van der Waals surface area contributed by atoms with Gasteiger partial charge >= 0.3 is 0 Å². The summed E-state index contributed by atoms with van der Waals surface area (Å²) in [6, 6.07) is 5.03. The van der Waals surface area contributed by atoms with Gasteiger partial charge in [-0.1, -0.05) is 13.8 Å². The monoisotopic (exact) mass is 463 g/mol. The number of carbonyl (C=O) groups is 2. The van der Waals surface area contributed by atoms with E-state index in [4.69, 9.17) is 0 Å². The van der Waals surface area contributed by atoms with Crippen LogP contribution >= 0.6 is 0 Å². The molecule has 8 heteroatoms. The van der Waals surface area contributed by atoms with Crippen molar-refractivity contribution in [2.24, 2.45) is 17.8 Å². The molecular weight excluding hydrogens is 426 g/mol. The van der Waals surface area contributed by atoms with Crippen molar-refractivity contribution in [2.45, 2.75) is 77.2 Å². The fraction of sp³-hybridized carbons (Fsp3) is 0.667. The van der Waals surface area contributed by atoms with Crippen LogP contribution in [0.5, 0.6) is 0 Å². The molecule has 3 rings (SSSR count). The first kappa shape index (κ1) is 24.7. The number of hydrogen-bond acceptors (Lipinski definition) is 4. The van der Waals surface area contributed by atoms with Gasteiger partial charge in [-0.25, -0.2) is 13.1 Å². The minimum absolute atomic E-state index is 0.0332. The molecule has 2 N–H and O–H groups in total. The molecule has 0 spiro atoms. The van der Waals surface area contributed by atoms with Crippen LogP contribution < -0.4 is 14.9 Å². The predicted molar refractivity (Wildman–Crippen MR) is 126 cm³/mol. The third-order valence-electron chi connectivity index (χ3n) is 6.72. The Kier molecular flexibility index (Phi) is 7.98. The second-order valence-corrected chi connectivity index (χ2v) is 11.5. The van der Waals surface area contributed by atoms with Gasteiger partial charge in [0.25, 0.3) is 0 Å². The quantitative estimate of drug-likeness (QED) is 0.619. The highest BCUT2D eigenvalue weighted by atomic mass is 32.2. The maximum Gasteiger partial charge on any atom is 0.240 e. The second-order valence-electron chi connectivity index (χ2n) is 9.78. The van der Waals surface area contributed by atoms with E-state index in [0.717, 1.165) is 49.9 Å². The lowest BCUT2D eigenvalue weighted by molar-refractivity contribution is -0.126. The number of fused-ring (bicyclic) bond motifs is 1. The molecular formula is C24H37N3O4S. The second kappa shape index (κ2) is 10.3. The summed E-state index contributed by atoms with van der Waals surface area (Å²) in [6.07, 6.45) is 4.94. The third kappa shape index (κ3) is 5.90. The maximum absolute atomic E-state index is 12.9. The van der Waals surface area contributed by atoms with E-state index < -0.39 is 10.0 Å². The van der Waals surface area contributed by atoms with Crippen LogP contribution in [0.4, 0.5) is 5.69 Å². The molecule has 1 aromatic carbocycles. The molecule has 0 saturated heterocycles. The van der Waals surface area contributed by atoms with Gasteiger partial charge in [-0.2, -0.15) is 0 Å². The lowest BCUT2D eigenvalue weighted by Gasteiger charge is -2.28. The summed E-state index contributed by atoms with van der Waals surface area (Å²) in [4.78, 5) is 26.2. The van der Waals surface area contributed by atoms with Crippen LogP contribution in [0, 0.1) is 17.8 Å². The lowest BCUT2D eigenvalue weighted by atomic mass is 9.81. The summed E-state index contributed by atoms with van der Waals surface area (Å²) in [7, 11) is -3.62. The number of anilines is 1. The highest BCUT2D eigenvalue weighted by Gasteiger charge is 2.31. The van der Waals surface area contributed by atoms with Crippen molar-refractivity contribution in [3.05, 3.63) is 23.8 Å². The molecule has 2 aliphatic rings. The molecule has 1 aliphatic heterocycles. The Morgan fingerprint density at radius 1 is 1.16 bits per heavy atom. The van der Waals surface area contributed by atoms with Crippen LogP contribution in [0.25, 0.3) is 0 Å². The van der Waals surface area contributed by atoms with Crippen LogP contribution in [-0.2, 0) is 26.0 Å². The average molecular weight is 464 g/mol. The van der Waals surface area contributed by atoms with Gasteiger partial charge in [0.2, 0.25) is 21.8 Å². The van der Waals surface area contributed by atoms with Crippen molar-refractivity contribution in [3.8, 4) is 0 Å². The van der Waals surface area contributed by atoms with Crippen LogP contribution in [0.15, 0.2) is 23.1 Å². The molecule has 1 aliphatic carbocycles. The summed E-state index contributed by atoms with van der Waals surface area (Å²) >= 11 is 0. The Labute approximate surface area is 192 Å². The number of rotatable bonds is 8. The summed E-state index contributed by atoms with van der Waals surface area (Å²) in [5.74, 6) is 0.956. The van der Waals surface area contributed by atoms with Crippen LogP contribution in [0.1, 0.15) is 65.4 Å². The van der Waals surface area contributed by atoms with E-state index in [1.54, 1.807) is 23.1 Å². The zero-order valence-electron chi connectivity index (χ0n) is 19.7. The molecule has 1 fully saturated rings. The summed E-state index contributed by atoms with van der Waals surface area (Å²) in [5.41, 5.74) is 1.69. The molecule has 2 amide bonds. The highest BCUT2D eigenvalue weighted by molar-refractivity contribution is 7.89. The zero-order chi connectivity index (χ0) is 23.5. The van der Waals surface area contributed by atoms with Crippen molar-refractivity contribution in [1.29, 1.82) is 0 Å². The number of hydrogen-bond donors (Lipinski definition) is 2. The van der Waals surface area contributed by atoms with E-state index in [1.807, 2.05) is 6.92 Å². The number of benzene rings is 1. The standard InChI is InChI=1S/C24H37N3O4S/c1-16(2)11-12-25-24(29)20-7-5-19(6-8-20)15-26-32(30,31)22-9-10-23-21(14-22)13-17(3)27(23)18(4)28/h9-10,14,16-17,19-20,26H,5-8,11-13,15H2,1-4H3,(H,25,29)/t17-,19?,20?/m0/s1. The van der Waals surface area contributed by atoms with Crippen molar-refractivity contribution < 1.29 is 18.0 Å². The third-order valence-corrected chi connectivity index (χ3v) is 8.14. The fourth-order valence-corrected chi connectivity index (χ4v) is 5.99. The molecule has 0 radical (unpaired) electrons. The molecule has 1 saturated carbocycles. The Hall–Kier alpha value is -1.93. The number of nitrogens with zero attached hydrogens (tertiary/aromatic N) is 1. The van der Waals surface area contributed by atoms with E-state index in [-0.39, 0.29) is 34.6 Å². The number of carbonyl (C=O) groups excluding carboxylic acids is 2. The molecule has 32 heavy (non-hydrogen) atoms. The molecule has 0 bridgehead atoms. The zero-order valence-corrected chi connectivity index (χ0v) is 20.5. The van der Waals surface area contributed by atoms with Gasteiger partial charge < -0.3 is 10.2 Å². The van der Waals surface area contributed by atoms with Gasteiger partial charge in [0.05, 0.1) is 4.90 Å². The highest BCUT2D eigenvalue weighted by Crippen LogP contribution is 2.34. The van der Waals surface area contributed by atoms with Gasteiger partial charge in [0.15, 0.2) is 0 Å². The van der Waals surface area contributed by atoms with Gasteiger partial charge in [-0.05, 0) is 81.0 Å². The average Bonchev–Trinajstić information content (AvgIpc) is 3.07. The fourth-order valence-electron chi connectivity index (χ4n) is 4.82. The molecule has 1 atom stereocenters. The van der Waals surface area contributed by atoms with Gasteiger partial charge in [-0.15, -0.1) is 0 Å². The number of amides is 2. The number of sulfonamides is 1. The largest absolute Gasteiger partial charge is 0.356 e. The summed E-state index contributed by atoms with van der Waals surface area (Å²) < 4.78 is 28.5. The number of nitrogens with one attached hydrogen (secondary N) is 2. The van der Waals surface area contributed by atoms with Gasteiger partial charge in [0, 0.05) is 37.7 Å². The molecule has 0 aromatic heterocycles. The lowest BCUT2D eigenvalue weighted by Crippen LogP contribution is -2.36. The van der Waals surface area contributed by atoms with Crippen molar-refractivity contribution >= 4 is 27.5 Å². The minimum atomic E-state index is -3.62. The summed E-state index contributed by atoms with van der Waals surface area (Å²) in [6.45, 7) is 8.89.